The zero-order valence-corrected chi connectivity index (χ0v) is 14.2. The van der Waals surface area contributed by atoms with E-state index in [1.165, 1.54) is 11.3 Å². The molecule has 0 spiro atoms. The number of hydrogen-bond donors (Lipinski definition) is 0. The second kappa shape index (κ2) is 5.72. The van der Waals surface area contributed by atoms with Crippen LogP contribution in [-0.2, 0) is 4.74 Å². The molecule has 0 saturated carbocycles. The molecule has 3 rings (SSSR count). The monoisotopic (exact) mass is 313 g/mol. The third-order valence-corrected chi connectivity index (χ3v) is 3.86. The second-order valence-corrected chi connectivity index (χ2v) is 6.95. The van der Waals surface area contributed by atoms with Gasteiger partial charge < -0.3 is 14.0 Å². The van der Waals surface area contributed by atoms with E-state index in [9.17, 15) is 4.79 Å². The van der Waals surface area contributed by atoms with Crippen molar-refractivity contribution < 1.29 is 9.53 Å². The third kappa shape index (κ3) is 3.38. The van der Waals surface area contributed by atoms with Gasteiger partial charge >= 0.3 is 6.09 Å². The number of aromatic nitrogens is 2. The number of rotatable bonds is 1. The molecule has 1 aliphatic heterocycles. The maximum Gasteiger partial charge on any atom is 0.410 e. The van der Waals surface area contributed by atoms with Gasteiger partial charge in [0.15, 0.2) is 0 Å². The average Bonchev–Trinajstić information content (AvgIpc) is 2.88. The highest BCUT2D eigenvalue weighted by molar-refractivity contribution is 5.73. The van der Waals surface area contributed by atoms with Gasteiger partial charge in [-0.1, -0.05) is 6.08 Å². The Kier molecular flexibility index (Phi) is 3.88. The summed E-state index contributed by atoms with van der Waals surface area (Å²) in [7, 11) is 0. The van der Waals surface area contributed by atoms with Crippen molar-refractivity contribution in [1.82, 2.24) is 14.3 Å². The van der Waals surface area contributed by atoms with Crippen molar-refractivity contribution in [1.29, 1.82) is 0 Å². The highest BCUT2D eigenvalue weighted by Gasteiger charge is 2.24. The fraction of sp³-hybridized carbons (Fsp3) is 0.444. The van der Waals surface area contributed by atoms with E-state index in [4.69, 9.17) is 4.74 Å². The molecule has 1 aliphatic rings. The Morgan fingerprint density at radius 3 is 2.74 bits per heavy atom. The predicted octanol–water partition coefficient (Wildman–Crippen LogP) is 3.67. The van der Waals surface area contributed by atoms with Gasteiger partial charge in [0.05, 0.1) is 17.4 Å². The molecule has 0 N–H and O–H groups in total. The predicted molar refractivity (Wildman–Crippen MR) is 90.3 cm³/mol. The van der Waals surface area contributed by atoms with Gasteiger partial charge in [0, 0.05) is 25.0 Å². The van der Waals surface area contributed by atoms with Crippen LogP contribution in [-0.4, -0.2) is 39.1 Å². The molecule has 0 atom stereocenters. The summed E-state index contributed by atoms with van der Waals surface area (Å²) in [5.74, 6) is 0. The number of nitrogens with zero attached hydrogens (tertiary/aromatic N) is 3. The first-order valence-electron chi connectivity index (χ1n) is 7.94. The van der Waals surface area contributed by atoms with Gasteiger partial charge in [-0.3, -0.25) is 4.98 Å². The van der Waals surface area contributed by atoms with Crippen LogP contribution < -0.4 is 0 Å². The van der Waals surface area contributed by atoms with E-state index < -0.39 is 5.60 Å². The molecule has 0 radical (unpaired) electrons. The molecule has 122 valence electrons. The lowest BCUT2D eigenvalue weighted by Gasteiger charge is -2.29. The summed E-state index contributed by atoms with van der Waals surface area (Å²) in [6, 6.07) is 4.19. The molecule has 2 aromatic heterocycles. The van der Waals surface area contributed by atoms with Gasteiger partial charge in [-0.15, -0.1) is 0 Å². The van der Waals surface area contributed by atoms with Gasteiger partial charge in [-0.05, 0) is 51.8 Å². The Labute approximate surface area is 136 Å². The molecule has 0 unspecified atom stereocenters. The molecular formula is C18H23N3O2. The first kappa shape index (κ1) is 15.6. The van der Waals surface area contributed by atoms with E-state index >= 15 is 0 Å². The zero-order chi connectivity index (χ0) is 16.6. The summed E-state index contributed by atoms with van der Waals surface area (Å²) in [4.78, 5) is 18.2. The highest BCUT2D eigenvalue weighted by atomic mass is 16.6. The van der Waals surface area contributed by atoms with Crippen molar-refractivity contribution in [3.63, 3.8) is 0 Å². The lowest BCUT2D eigenvalue weighted by molar-refractivity contribution is 0.0270. The number of hydrogen-bond acceptors (Lipinski definition) is 3. The topological polar surface area (TPSA) is 46.8 Å². The van der Waals surface area contributed by atoms with Gasteiger partial charge in [0.2, 0.25) is 0 Å². The molecule has 0 bridgehead atoms. The zero-order valence-electron chi connectivity index (χ0n) is 14.2. The lowest BCUT2D eigenvalue weighted by Crippen LogP contribution is -2.39. The Balaban J connectivity index is 1.78. The van der Waals surface area contributed by atoms with Crippen LogP contribution in [0.4, 0.5) is 4.79 Å². The first-order chi connectivity index (χ1) is 10.8. The molecule has 1 amide bonds. The van der Waals surface area contributed by atoms with Crippen molar-refractivity contribution in [2.45, 2.75) is 39.7 Å². The van der Waals surface area contributed by atoms with Crippen LogP contribution in [0.2, 0.25) is 0 Å². The molecule has 0 fully saturated rings. The molecule has 0 saturated heterocycles. The van der Waals surface area contributed by atoms with Crippen LogP contribution in [0.3, 0.4) is 0 Å². The molecule has 23 heavy (non-hydrogen) atoms. The smallest absolute Gasteiger partial charge is 0.410 e. The maximum atomic E-state index is 12.1. The second-order valence-electron chi connectivity index (χ2n) is 6.95. The van der Waals surface area contributed by atoms with E-state index in [0.717, 1.165) is 17.6 Å². The molecular weight excluding hydrogens is 290 g/mol. The summed E-state index contributed by atoms with van der Waals surface area (Å²) >= 11 is 0. The number of ether oxygens (including phenoxy) is 1. The largest absolute Gasteiger partial charge is 0.444 e. The van der Waals surface area contributed by atoms with Gasteiger partial charge in [-0.2, -0.15) is 0 Å². The molecule has 5 nitrogen and oxygen atoms in total. The lowest BCUT2D eigenvalue weighted by atomic mass is 10.1. The SMILES string of the molecule is Cc1cn2c(C3=CCN(C(=O)OC(C)(C)C)CC3)ccc2cn1. The number of aryl methyl sites for hydroxylation is 1. The van der Waals surface area contributed by atoms with Crippen LogP contribution >= 0.6 is 0 Å². The standard InChI is InChI=1S/C18H23N3O2/c1-13-12-21-15(11-19-13)5-6-16(21)14-7-9-20(10-8-14)17(22)23-18(2,3)4/h5-7,11-12H,8-10H2,1-4H3. The van der Waals surface area contributed by atoms with Crippen LogP contribution in [0.1, 0.15) is 38.6 Å². The Hall–Kier alpha value is -2.30. The minimum Gasteiger partial charge on any atom is -0.444 e. The number of carbonyl (C=O) groups is 1. The number of carbonyl (C=O) groups excluding carboxylic acids is 1. The van der Waals surface area contributed by atoms with Gasteiger partial charge in [0.25, 0.3) is 0 Å². The molecule has 5 heteroatoms. The third-order valence-electron chi connectivity index (χ3n) is 3.86. The van der Waals surface area contributed by atoms with Gasteiger partial charge in [-0.25, -0.2) is 4.79 Å². The minimum atomic E-state index is -0.455. The Morgan fingerprint density at radius 2 is 2.09 bits per heavy atom. The van der Waals surface area contributed by atoms with E-state index in [-0.39, 0.29) is 6.09 Å². The molecule has 0 aromatic carbocycles. The quantitative estimate of drug-likeness (QED) is 0.807. The van der Waals surface area contributed by atoms with E-state index in [2.05, 4.69) is 27.6 Å². The molecule has 2 aromatic rings. The summed E-state index contributed by atoms with van der Waals surface area (Å²) in [5, 5.41) is 0. The van der Waals surface area contributed by atoms with Crippen LogP contribution in [0, 0.1) is 6.92 Å². The van der Waals surface area contributed by atoms with E-state index in [1.807, 2.05) is 40.1 Å². The highest BCUT2D eigenvalue weighted by Crippen LogP contribution is 2.25. The average molecular weight is 313 g/mol. The molecule has 0 aliphatic carbocycles. The van der Waals surface area contributed by atoms with Crippen LogP contribution in [0.15, 0.2) is 30.6 Å². The Morgan fingerprint density at radius 1 is 1.30 bits per heavy atom. The maximum absolute atomic E-state index is 12.1. The first-order valence-corrected chi connectivity index (χ1v) is 7.94. The fourth-order valence-corrected chi connectivity index (χ4v) is 2.76. The number of fused-ring (bicyclic) bond motifs is 1. The van der Waals surface area contributed by atoms with Crippen molar-refractivity contribution in [3.05, 3.63) is 42.0 Å². The van der Waals surface area contributed by atoms with Crippen molar-refractivity contribution >= 4 is 17.2 Å². The summed E-state index contributed by atoms with van der Waals surface area (Å²) in [5.41, 5.74) is 4.05. The van der Waals surface area contributed by atoms with Crippen LogP contribution in [0.25, 0.3) is 11.1 Å². The van der Waals surface area contributed by atoms with Crippen molar-refractivity contribution in [2.75, 3.05) is 13.1 Å². The van der Waals surface area contributed by atoms with Gasteiger partial charge in [0.1, 0.15) is 5.60 Å². The van der Waals surface area contributed by atoms with E-state index in [0.29, 0.717) is 13.1 Å². The summed E-state index contributed by atoms with van der Waals surface area (Å²) < 4.78 is 7.60. The minimum absolute atomic E-state index is 0.243. The fourth-order valence-electron chi connectivity index (χ4n) is 2.76. The summed E-state index contributed by atoms with van der Waals surface area (Å²) in [6.07, 6.45) is 6.63. The Bertz CT molecular complexity index is 768. The normalized spacial score (nSPS) is 15.7. The summed E-state index contributed by atoms with van der Waals surface area (Å²) in [6.45, 7) is 8.92. The van der Waals surface area contributed by atoms with E-state index in [1.54, 1.807) is 4.90 Å². The molecule has 3 heterocycles. The van der Waals surface area contributed by atoms with Crippen molar-refractivity contribution in [3.8, 4) is 0 Å². The number of amides is 1. The van der Waals surface area contributed by atoms with Crippen LogP contribution in [0.5, 0.6) is 0 Å². The van der Waals surface area contributed by atoms with Crippen molar-refractivity contribution in [2.24, 2.45) is 0 Å².